The van der Waals surface area contributed by atoms with Crippen molar-refractivity contribution in [3.8, 4) is 5.75 Å². The highest BCUT2D eigenvalue weighted by atomic mass is 35.5. The van der Waals surface area contributed by atoms with Crippen LogP contribution < -0.4 is 15.0 Å². The highest BCUT2D eigenvalue weighted by Crippen LogP contribution is 2.43. The van der Waals surface area contributed by atoms with Crippen LogP contribution in [0, 0.1) is 11.7 Å². The number of carbonyl (C=O) groups excluding carboxylic acids is 1. The molecule has 0 bridgehead atoms. The molecule has 0 saturated carbocycles. The van der Waals surface area contributed by atoms with Gasteiger partial charge in [-0.2, -0.15) is 0 Å². The molecular formula is C29H33ClFN5O4. The van der Waals surface area contributed by atoms with Crippen LogP contribution in [0.15, 0.2) is 36.7 Å². The number of aromatic nitrogens is 2. The van der Waals surface area contributed by atoms with Crippen LogP contribution in [0.3, 0.4) is 0 Å². The molecule has 3 saturated heterocycles. The first-order valence-corrected chi connectivity index (χ1v) is 14.0. The number of fused-ring (bicyclic) bond motifs is 1. The smallest absolute Gasteiger partial charge is 0.410 e. The van der Waals surface area contributed by atoms with E-state index in [1.807, 2.05) is 43.9 Å². The Hall–Kier alpha value is -3.37. The molecule has 1 spiro atoms. The third-order valence-corrected chi connectivity index (χ3v) is 8.09. The summed E-state index contributed by atoms with van der Waals surface area (Å²) >= 11 is 6.33. The molecule has 1 N–H and O–H groups in total. The van der Waals surface area contributed by atoms with Gasteiger partial charge >= 0.3 is 6.09 Å². The zero-order valence-corrected chi connectivity index (χ0v) is 23.6. The van der Waals surface area contributed by atoms with E-state index in [0.717, 1.165) is 36.0 Å². The molecule has 2 aromatic carbocycles. The second-order valence-electron chi connectivity index (χ2n) is 11.8. The molecule has 212 valence electrons. The van der Waals surface area contributed by atoms with Crippen LogP contribution >= 0.6 is 11.6 Å². The third kappa shape index (κ3) is 5.10. The van der Waals surface area contributed by atoms with Crippen LogP contribution in [-0.4, -0.2) is 71.6 Å². The highest BCUT2D eigenvalue weighted by Gasteiger charge is 2.56. The Labute approximate surface area is 237 Å². The van der Waals surface area contributed by atoms with Gasteiger partial charge in [-0.3, -0.25) is 4.90 Å². The fourth-order valence-electron chi connectivity index (χ4n) is 5.45. The number of likely N-dealkylation sites (tertiary alicyclic amines) is 1. The number of anilines is 3. The Morgan fingerprint density at radius 1 is 1.25 bits per heavy atom. The average Bonchev–Trinajstić information content (AvgIpc) is 3.38. The van der Waals surface area contributed by atoms with Crippen molar-refractivity contribution in [2.24, 2.45) is 5.92 Å². The minimum Gasteiger partial charge on any atom is -0.492 e. The summed E-state index contributed by atoms with van der Waals surface area (Å²) in [6.45, 7) is 9.56. The molecule has 6 rings (SSSR count). The van der Waals surface area contributed by atoms with E-state index in [9.17, 15) is 4.79 Å². The lowest BCUT2D eigenvalue weighted by molar-refractivity contribution is -0.0560. The Morgan fingerprint density at radius 3 is 2.77 bits per heavy atom. The number of nitrogens with zero attached hydrogens (tertiary/aromatic N) is 4. The predicted octanol–water partition coefficient (Wildman–Crippen LogP) is 5.78. The fraction of sp³-hybridized carbons (Fsp3) is 0.483. The second-order valence-corrected chi connectivity index (χ2v) is 12.2. The molecule has 1 aromatic heterocycles. The number of nitrogens with one attached hydrogen (secondary N) is 1. The van der Waals surface area contributed by atoms with Crippen molar-refractivity contribution in [2.75, 3.05) is 49.7 Å². The molecule has 3 fully saturated rings. The van der Waals surface area contributed by atoms with E-state index in [1.54, 1.807) is 12.1 Å². The normalized spacial score (nSPS) is 19.9. The van der Waals surface area contributed by atoms with Crippen LogP contribution in [-0.2, 0) is 9.47 Å². The molecular weight excluding hydrogens is 537 g/mol. The Morgan fingerprint density at radius 2 is 2.08 bits per heavy atom. The molecule has 40 heavy (non-hydrogen) atoms. The molecule has 9 nitrogen and oxygen atoms in total. The molecule has 1 amide bonds. The summed E-state index contributed by atoms with van der Waals surface area (Å²) < 4.78 is 32.0. The summed E-state index contributed by atoms with van der Waals surface area (Å²) in [5.41, 5.74) is 1.17. The van der Waals surface area contributed by atoms with Crippen molar-refractivity contribution in [1.29, 1.82) is 0 Å². The number of rotatable bonds is 6. The van der Waals surface area contributed by atoms with Gasteiger partial charge in [-0.25, -0.2) is 19.2 Å². The van der Waals surface area contributed by atoms with Crippen molar-refractivity contribution < 1.29 is 23.4 Å². The number of ether oxygens (including phenoxy) is 3. The summed E-state index contributed by atoms with van der Waals surface area (Å²) in [5, 5.41) is 3.76. The van der Waals surface area contributed by atoms with Crippen LogP contribution in [0.25, 0.3) is 10.9 Å². The lowest BCUT2D eigenvalue weighted by atomic mass is 9.77. The zero-order valence-electron chi connectivity index (χ0n) is 22.9. The van der Waals surface area contributed by atoms with Gasteiger partial charge in [0.2, 0.25) is 0 Å². The molecule has 11 heteroatoms. The predicted molar refractivity (Wildman–Crippen MR) is 151 cm³/mol. The number of carbonyl (C=O) groups is 1. The molecule has 1 atom stereocenters. The molecule has 0 aliphatic carbocycles. The van der Waals surface area contributed by atoms with Gasteiger partial charge in [-0.15, -0.1) is 0 Å². The van der Waals surface area contributed by atoms with E-state index in [4.69, 9.17) is 25.8 Å². The molecule has 3 aliphatic rings. The van der Waals surface area contributed by atoms with E-state index < -0.39 is 11.4 Å². The van der Waals surface area contributed by atoms with E-state index in [2.05, 4.69) is 20.2 Å². The third-order valence-electron chi connectivity index (χ3n) is 7.74. The first-order valence-electron chi connectivity index (χ1n) is 13.6. The summed E-state index contributed by atoms with van der Waals surface area (Å²) in [6, 6.07) is 9.17. The van der Waals surface area contributed by atoms with Crippen molar-refractivity contribution in [3.63, 3.8) is 0 Å². The van der Waals surface area contributed by atoms with Crippen molar-refractivity contribution in [1.82, 2.24) is 14.9 Å². The van der Waals surface area contributed by atoms with Gasteiger partial charge < -0.3 is 24.4 Å². The summed E-state index contributed by atoms with van der Waals surface area (Å²) in [7, 11) is 0. The van der Waals surface area contributed by atoms with Crippen molar-refractivity contribution >= 4 is 45.8 Å². The molecule has 0 radical (unpaired) electrons. The van der Waals surface area contributed by atoms with E-state index >= 15 is 4.39 Å². The highest BCUT2D eigenvalue weighted by molar-refractivity contribution is 6.32. The van der Waals surface area contributed by atoms with Gasteiger partial charge in [0.05, 0.1) is 30.0 Å². The molecule has 0 unspecified atom stereocenters. The lowest BCUT2D eigenvalue weighted by Crippen LogP contribution is -2.78. The van der Waals surface area contributed by atoms with Crippen LogP contribution in [0.5, 0.6) is 5.75 Å². The summed E-state index contributed by atoms with van der Waals surface area (Å²) in [5.74, 6) is 0.438. The maximum atomic E-state index is 15.3. The van der Waals surface area contributed by atoms with Gasteiger partial charge in [0, 0.05) is 43.2 Å². The van der Waals surface area contributed by atoms with Crippen LogP contribution in [0.1, 0.15) is 33.6 Å². The molecule has 3 aromatic rings. The Balaban J connectivity index is 1.17. The van der Waals surface area contributed by atoms with Crippen LogP contribution in [0.2, 0.25) is 5.02 Å². The minimum absolute atomic E-state index is 0.0797. The lowest BCUT2D eigenvalue weighted by Gasteiger charge is -2.62. The maximum Gasteiger partial charge on any atom is 0.410 e. The number of amides is 1. The number of hydrogen-bond donors (Lipinski definition) is 1. The van der Waals surface area contributed by atoms with Crippen LogP contribution in [0.4, 0.5) is 26.4 Å². The standard InChI is InChI=1S/C29H33ClFN5O4/c1-28(2,3)40-27(37)36-10-9-29(36)15-35(16-29)19-4-5-21-20(12-19)26(33-17-32-21)34-22-6-7-23(24(30)25(22)31)39-14-18-8-11-38-13-18/h4-7,12,17-18H,8-11,13-16H2,1-3H3,(H,32,33,34)/t18-/m0/s1. The first kappa shape index (κ1) is 26.8. The Kier molecular flexibility index (Phi) is 6.86. The SMILES string of the molecule is CC(C)(C)OC(=O)N1CCC12CN(c1ccc3ncnc(Nc4ccc(OC[C@H]5CCOC5)c(Cl)c4F)c3c1)C2. The topological polar surface area (TPSA) is 89.1 Å². The first-order chi connectivity index (χ1) is 19.1. The largest absolute Gasteiger partial charge is 0.492 e. The monoisotopic (exact) mass is 569 g/mol. The number of hydrogen-bond acceptors (Lipinski definition) is 8. The van der Waals surface area contributed by atoms with Gasteiger partial charge in [-0.1, -0.05) is 11.6 Å². The van der Waals surface area contributed by atoms with E-state index in [-0.39, 0.29) is 28.3 Å². The number of benzene rings is 2. The fourth-order valence-corrected chi connectivity index (χ4v) is 5.67. The molecule has 4 heterocycles. The minimum atomic E-state index is -0.610. The average molecular weight is 570 g/mol. The molecule has 3 aliphatic heterocycles. The van der Waals surface area contributed by atoms with Crippen molar-refractivity contribution in [3.05, 3.63) is 47.5 Å². The number of halogens is 2. The Bertz CT molecular complexity index is 1440. The van der Waals surface area contributed by atoms with Gasteiger partial charge in [0.15, 0.2) is 5.82 Å². The van der Waals surface area contributed by atoms with Gasteiger partial charge in [0.25, 0.3) is 0 Å². The van der Waals surface area contributed by atoms with E-state index in [0.29, 0.717) is 44.4 Å². The maximum absolute atomic E-state index is 15.3. The van der Waals surface area contributed by atoms with Gasteiger partial charge in [-0.05, 0) is 63.9 Å². The second kappa shape index (κ2) is 10.2. The van der Waals surface area contributed by atoms with Gasteiger partial charge in [0.1, 0.15) is 28.5 Å². The summed E-state index contributed by atoms with van der Waals surface area (Å²) in [4.78, 5) is 25.5. The quantitative estimate of drug-likeness (QED) is 0.399. The van der Waals surface area contributed by atoms with Crippen molar-refractivity contribution in [2.45, 2.75) is 44.8 Å². The zero-order chi connectivity index (χ0) is 28.1. The summed E-state index contributed by atoms with van der Waals surface area (Å²) in [6.07, 6.45) is 3.04. The van der Waals surface area contributed by atoms with E-state index in [1.165, 1.54) is 6.33 Å².